The smallest absolute Gasteiger partial charge is 0.374 e. The van der Waals surface area contributed by atoms with Gasteiger partial charge in [-0.3, -0.25) is 4.79 Å². The van der Waals surface area contributed by atoms with Gasteiger partial charge in [-0.25, -0.2) is 4.79 Å². The van der Waals surface area contributed by atoms with Crippen LogP contribution in [0.5, 0.6) is 0 Å². The fourth-order valence-corrected chi connectivity index (χ4v) is 4.08. The fraction of sp³-hybridized carbons (Fsp3) is 0.895. The average Bonchev–Trinajstić information content (AvgIpc) is 2.99. The Morgan fingerprint density at radius 3 is 2.48 bits per heavy atom. The highest BCUT2D eigenvalue weighted by Gasteiger charge is 2.44. The van der Waals surface area contributed by atoms with E-state index in [1.807, 2.05) is 0 Å². The highest BCUT2D eigenvalue weighted by molar-refractivity contribution is 6.34. The van der Waals surface area contributed by atoms with Crippen LogP contribution in [0.2, 0.25) is 0 Å². The molecule has 1 aliphatic heterocycles. The predicted octanol–water partition coefficient (Wildman–Crippen LogP) is 4.05. The first-order valence-electron chi connectivity index (χ1n) is 9.53. The van der Waals surface area contributed by atoms with Crippen molar-refractivity contribution in [3.05, 3.63) is 0 Å². The first kappa shape index (κ1) is 18.4. The SMILES string of the molecule is CCCCC[C@@H]1O[C@H](C2CCCCC2)C[C@@H]1C(=O)C(=O)OCC. The minimum atomic E-state index is -0.675. The van der Waals surface area contributed by atoms with Crippen LogP contribution in [0.1, 0.15) is 78.1 Å². The van der Waals surface area contributed by atoms with Gasteiger partial charge in [-0.05, 0) is 38.5 Å². The molecule has 0 amide bonds. The molecule has 2 aliphatic rings. The van der Waals surface area contributed by atoms with Gasteiger partial charge in [0, 0.05) is 0 Å². The van der Waals surface area contributed by atoms with Crippen molar-refractivity contribution >= 4 is 11.8 Å². The van der Waals surface area contributed by atoms with Gasteiger partial charge in [-0.2, -0.15) is 0 Å². The first-order chi connectivity index (χ1) is 11.2. The second-order valence-corrected chi connectivity index (χ2v) is 7.03. The fourth-order valence-electron chi connectivity index (χ4n) is 4.08. The Balaban J connectivity index is 1.99. The average molecular weight is 324 g/mol. The number of hydrogen-bond donors (Lipinski definition) is 0. The maximum atomic E-state index is 12.5. The van der Waals surface area contributed by atoms with Gasteiger partial charge in [0.05, 0.1) is 24.7 Å². The Bertz CT molecular complexity index is 387. The van der Waals surface area contributed by atoms with Gasteiger partial charge in [0.2, 0.25) is 5.78 Å². The van der Waals surface area contributed by atoms with Crippen LogP contribution in [-0.2, 0) is 19.1 Å². The Kier molecular flexibility index (Phi) is 7.54. The zero-order valence-electron chi connectivity index (χ0n) is 14.7. The number of hydrogen-bond acceptors (Lipinski definition) is 4. The van der Waals surface area contributed by atoms with E-state index in [4.69, 9.17) is 9.47 Å². The lowest BCUT2D eigenvalue weighted by Crippen LogP contribution is -2.31. The molecule has 2 fully saturated rings. The van der Waals surface area contributed by atoms with Crippen molar-refractivity contribution in [1.82, 2.24) is 0 Å². The Labute approximate surface area is 140 Å². The molecule has 4 nitrogen and oxygen atoms in total. The molecule has 132 valence electrons. The second-order valence-electron chi connectivity index (χ2n) is 7.03. The van der Waals surface area contributed by atoms with Crippen LogP contribution in [0.4, 0.5) is 0 Å². The third-order valence-electron chi connectivity index (χ3n) is 5.37. The van der Waals surface area contributed by atoms with Gasteiger partial charge >= 0.3 is 5.97 Å². The molecule has 0 unspecified atom stereocenters. The summed E-state index contributed by atoms with van der Waals surface area (Å²) in [5, 5.41) is 0. The minimum absolute atomic E-state index is 0.0922. The van der Waals surface area contributed by atoms with Crippen LogP contribution >= 0.6 is 0 Å². The summed E-state index contributed by atoms with van der Waals surface area (Å²) >= 11 is 0. The highest BCUT2D eigenvalue weighted by Crippen LogP contribution is 2.39. The minimum Gasteiger partial charge on any atom is -0.460 e. The molecular formula is C19H32O4. The molecule has 0 aromatic carbocycles. The summed E-state index contributed by atoms with van der Waals surface area (Å²) in [4.78, 5) is 24.3. The summed E-state index contributed by atoms with van der Waals surface area (Å²) in [6.07, 6.45) is 11.3. The first-order valence-corrected chi connectivity index (χ1v) is 9.53. The normalized spacial score (nSPS) is 28.7. The van der Waals surface area contributed by atoms with E-state index in [9.17, 15) is 9.59 Å². The van der Waals surface area contributed by atoms with Crippen LogP contribution in [-0.4, -0.2) is 30.6 Å². The second kappa shape index (κ2) is 9.41. The summed E-state index contributed by atoms with van der Waals surface area (Å²) < 4.78 is 11.2. The van der Waals surface area contributed by atoms with E-state index < -0.39 is 5.97 Å². The number of rotatable bonds is 8. The highest BCUT2D eigenvalue weighted by atomic mass is 16.5. The third-order valence-corrected chi connectivity index (χ3v) is 5.37. The van der Waals surface area contributed by atoms with Gasteiger partial charge < -0.3 is 9.47 Å². The van der Waals surface area contributed by atoms with E-state index in [0.29, 0.717) is 12.3 Å². The zero-order chi connectivity index (χ0) is 16.7. The van der Waals surface area contributed by atoms with Gasteiger partial charge in [0.15, 0.2) is 0 Å². The van der Waals surface area contributed by atoms with E-state index in [-0.39, 0.29) is 30.5 Å². The molecule has 0 aromatic heterocycles. The quantitative estimate of drug-likeness (QED) is 0.384. The van der Waals surface area contributed by atoms with Crippen molar-refractivity contribution in [1.29, 1.82) is 0 Å². The van der Waals surface area contributed by atoms with Crippen molar-refractivity contribution in [3.8, 4) is 0 Å². The molecule has 0 aromatic rings. The van der Waals surface area contributed by atoms with E-state index >= 15 is 0 Å². The van der Waals surface area contributed by atoms with Crippen molar-refractivity contribution in [2.45, 2.75) is 90.3 Å². The molecule has 1 aliphatic carbocycles. The lowest BCUT2D eigenvalue weighted by molar-refractivity contribution is -0.156. The predicted molar refractivity (Wildman–Crippen MR) is 89.1 cm³/mol. The number of unbranched alkanes of at least 4 members (excludes halogenated alkanes) is 2. The maximum Gasteiger partial charge on any atom is 0.374 e. The molecule has 1 saturated heterocycles. The summed E-state index contributed by atoms with van der Waals surface area (Å²) in [5.41, 5.74) is 0. The number of ketones is 1. The summed E-state index contributed by atoms with van der Waals surface area (Å²) in [7, 11) is 0. The topological polar surface area (TPSA) is 52.6 Å². The largest absolute Gasteiger partial charge is 0.460 e. The third kappa shape index (κ3) is 5.03. The van der Waals surface area contributed by atoms with Crippen LogP contribution in [0, 0.1) is 11.8 Å². The lowest BCUT2D eigenvalue weighted by Gasteiger charge is -2.27. The van der Waals surface area contributed by atoms with Crippen molar-refractivity contribution < 1.29 is 19.1 Å². The van der Waals surface area contributed by atoms with E-state index in [1.54, 1.807) is 6.92 Å². The van der Waals surface area contributed by atoms with Gasteiger partial charge in [0.1, 0.15) is 0 Å². The monoisotopic (exact) mass is 324 g/mol. The number of ether oxygens (including phenoxy) is 2. The molecule has 23 heavy (non-hydrogen) atoms. The maximum absolute atomic E-state index is 12.5. The van der Waals surface area contributed by atoms with E-state index in [1.165, 1.54) is 32.1 Å². The van der Waals surface area contributed by atoms with Crippen molar-refractivity contribution in [2.24, 2.45) is 11.8 Å². The molecule has 0 radical (unpaired) electrons. The van der Waals surface area contributed by atoms with E-state index in [0.717, 1.165) is 25.7 Å². The van der Waals surface area contributed by atoms with Gasteiger partial charge in [-0.15, -0.1) is 0 Å². The molecule has 4 heteroatoms. The Morgan fingerprint density at radius 2 is 1.83 bits per heavy atom. The zero-order valence-corrected chi connectivity index (χ0v) is 14.7. The standard InChI is InChI=1S/C19H32O4/c1-3-5-7-12-16-15(18(20)19(21)22-4-2)13-17(23-16)14-10-8-6-9-11-14/h14-17H,3-13H2,1-2H3/t15-,16-,17-/m0/s1. The summed E-state index contributed by atoms with van der Waals surface area (Å²) in [6, 6.07) is 0. The Hall–Kier alpha value is -0.900. The summed E-state index contributed by atoms with van der Waals surface area (Å²) in [6.45, 7) is 4.16. The number of Topliss-reactive ketones (excluding diaryl/α,β-unsaturated/α-hetero) is 1. The van der Waals surface area contributed by atoms with Crippen LogP contribution in [0.3, 0.4) is 0 Å². The van der Waals surface area contributed by atoms with Crippen molar-refractivity contribution in [3.63, 3.8) is 0 Å². The molecule has 0 N–H and O–H groups in total. The summed E-state index contributed by atoms with van der Waals surface area (Å²) in [5.74, 6) is -0.771. The Morgan fingerprint density at radius 1 is 1.09 bits per heavy atom. The van der Waals surface area contributed by atoms with E-state index in [2.05, 4.69) is 6.92 Å². The molecule has 1 saturated carbocycles. The van der Waals surface area contributed by atoms with Gasteiger partial charge in [-0.1, -0.05) is 45.4 Å². The molecule has 1 heterocycles. The van der Waals surface area contributed by atoms with Crippen molar-refractivity contribution in [2.75, 3.05) is 6.61 Å². The van der Waals surface area contributed by atoms with Crippen LogP contribution < -0.4 is 0 Å². The number of esters is 1. The molecule has 2 rings (SSSR count). The van der Waals surface area contributed by atoms with Gasteiger partial charge in [0.25, 0.3) is 0 Å². The molecule has 3 atom stereocenters. The lowest BCUT2D eigenvalue weighted by atomic mass is 9.82. The number of carbonyl (C=O) groups excluding carboxylic acids is 2. The molecular weight excluding hydrogens is 292 g/mol. The number of carbonyl (C=O) groups is 2. The molecule has 0 spiro atoms. The van der Waals surface area contributed by atoms with Crippen LogP contribution in [0.15, 0.2) is 0 Å². The molecule has 0 bridgehead atoms. The van der Waals surface area contributed by atoms with Crippen LogP contribution in [0.25, 0.3) is 0 Å².